The summed E-state index contributed by atoms with van der Waals surface area (Å²) < 4.78 is 42.5. The number of nitrogens with one attached hydrogen (secondary N) is 5. The number of nitrogens with zero attached hydrogens (tertiary/aromatic N) is 10. The summed E-state index contributed by atoms with van der Waals surface area (Å²) in [6.07, 6.45) is 4.27. The van der Waals surface area contributed by atoms with E-state index in [0.29, 0.717) is 101 Å². The maximum Gasteiger partial charge on any atom is 0.248 e. The predicted molar refractivity (Wildman–Crippen MR) is 421 cm³/mol. The quantitative estimate of drug-likeness (QED) is 0.0385. The lowest BCUT2D eigenvalue weighted by atomic mass is 9.93. The van der Waals surface area contributed by atoms with Crippen molar-refractivity contribution < 1.29 is 62.2 Å². The number of aryl methyl sites for hydroxylation is 2. The summed E-state index contributed by atoms with van der Waals surface area (Å²) in [5, 5.41) is 64.4. The van der Waals surface area contributed by atoms with Crippen molar-refractivity contribution in [3.8, 4) is 22.5 Å². The van der Waals surface area contributed by atoms with Crippen molar-refractivity contribution in [2.24, 2.45) is 0 Å². The van der Waals surface area contributed by atoms with E-state index in [-0.39, 0.29) is 60.0 Å². The molecule has 0 bridgehead atoms. The third-order valence-electron chi connectivity index (χ3n) is 19.4. The van der Waals surface area contributed by atoms with E-state index >= 15 is 0 Å². The number of amides is 4. The lowest BCUT2D eigenvalue weighted by Crippen LogP contribution is -2.47. The maximum atomic E-state index is 13.4. The van der Waals surface area contributed by atoms with Crippen molar-refractivity contribution >= 4 is 97.3 Å². The number of aliphatic hydroxyl groups is 4. The molecule has 110 heavy (non-hydrogen) atoms. The monoisotopic (exact) mass is 1570 g/mol. The molecule has 8 atom stereocenters. The molecule has 9 N–H and O–H groups in total. The highest BCUT2D eigenvalue weighted by Gasteiger charge is 2.43. The van der Waals surface area contributed by atoms with Crippen molar-refractivity contribution in [2.75, 3.05) is 82.8 Å². The number of rotatable bonds is 18. The normalized spacial score (nSPS) is 20.9. The lowest BCUT2D eigenvalue weighted by molar-refractivity contribution is -0.122. The van der Waals surface area contributed by atoms with Crippen molar-refractivity contribution in [3.63, 3.8) is 0 Å². The number of thiazole rings is 2. The summed E-state index contributed by atoms with van der Waals surface area (Å²) in [7, 11) is 1.72. The van der Waals surface area contributed by atoms with E-state index in [1.807, 2.05) is 119 Å². The van der Waals surface area contributed by atoms with E-state index in [1.54, 1.807) is 53.4 Å². The highest BCUT2D eigenvalue weighted by molar-refractivity contribution is 7.16. The molecule has 26 nitrogen and oxygen atoms in total. The van der Waals surface area contributed by atoms with E-state index < -0.39 is 54.2 Å². The number of likely N-dealkylation sites (tertiary alicyclic amines) is 2. The van der Waals surface area contributed by atoms with Crippen LogP contribution in [-0.4, -0.2) is 185 Å². The molecule has 5 fully saturated rings. The van der Waals surface area contributed by atoms with Gasteiger partial charge in [-0.15, -0.1) is 22.7 Å². The van der Waals surface area contributed by atoms with Crippen LogP contribution in [0.15, 0.2) is 137 Å². The van der Waals surface area contributed by atoms with E-state index in [2.05, 4.69) is 70.6 Å². The Kier molecular flexibility index (Phi) is 27.3. The van der Waals surface area contributed by atoms with Crippen molar-refractivity contribution in [1.82, 2.24) is 40.0 Å². The first kappa shape index (κ1) is 81.8. The van der Waals surface area contributed by atoms with Gasteiger partial charge in [0.1, 0.15) is 29.4 Å². The van der Waals surface area contributed by atoms with Crippen LogP contribution < -0.4 is 36.4 Å². The van der Waals surface area contributed by atoms with Gasteiger partial charge in [0, 0.05) is 133 Å². The van der Waals surface area contributed by atoms with Gasteiger partial charge in [-0.3, -0.25) is 29.0 Å². The van der Waals surface area contributed by atoms with Crippen LogP contribution in [0, 0.1) is 11.6 Å². The Labute approximate surface area is 651 Å². The summed E-state index contributed by atoms with van der Waals surface area (Å²) >= 11 is 9.02. The van der Waals surface area contributed by atoms with Gasteiger partial charge >= 0.3 is 0 Å². The van der Waals surface area contributed by atoms with Gasteiger partial charge in [-0.1, -0.05) is 144 Å². The third-order valence-corrected chi connectivity index (χ3v) is 21.9. The second-order valence-corrected chi connectivity index (χ2v) is 32.3. The number of hydrogen-bond acceptors (Lipinski definition) is 24. The molecular weight excluding hydrogens is 1470 g/mol. The lowest BCUT2D eigenvalue weighted by Gasteiger charge is -2.34. The largest absolute Gasteiger partial charge is 0.392 e. The fraction of sp³-hybridized carbons (Fsp3) is 0.443. The number of ether oxygens (including phenoxy) is 1. The molecule has 9 aromatic rings. The Morgan fingerprint density at radius 3 is 1.56 bits per heavy atom. The molecule has 0 saturated carbocycles. The molecule has 586 valence electrons. The average Bonchev–Trinajstić information content (AvgIpc) is 1.67. The third kappa shape index (κ3) is 21.1. The smallest absolute Gasteiger partial charge is 0.248 e. The second kappa shape index (κ2) is 36.8. The van der Waals surface area contributed by atoms with E-state index in [1.165, 1.54) is 28.7 Å². The van der Waals surface area contributed by atoms with Crippen molar-refractivity contribution in [1.29, 1.82) is 0 Å². The molecule has 10 heterocycles. The summed E-state index contributed by atoms with van der Waals surface area (Å²) in [4.78, 5) is 79.2. The number of aliphatic hydroxyl groups excluding tert-OH is 4. The van der Waals surface area contributed by atoms with E-state index in [4.69, 9.17) is 30.4 Å². The van der Waals surface area contributed by atoms with Crippen LogP contribution in [-0.2, 0) is 54.1 Å². The molecule has 5 saturated heterocycles. The van der Waals surface area contributed by atoms with Crippen LogP contribution in [0.1, 0.15) is 121 Å². The van der Waals surface area contributed by atoms with Gasteiger partial charge in [-0.25, -0.2) is 23.7 Å². The minimum absolute atomic E-state index is 0.0703. The maximum absolute atomic E-state index is 13.4. The van der Waals surface area contributed by atoms with Crippen LogP contribution in [0.4, 0.5) is 48.1 Å². The fourth-order valence-corrected chi connectivity index (χ4v) is 15.7. The summed E-state index contributed by atoms with van der Waals surface area (Å²) in [5.41, 5.74) is 4.91. The highest BCUT2D eigenvalue weighted by Crippen LogP contribution is 2.37. The zero-order chi connectivity index (χ0) is 78.6. The number of carbonyl (C=O) groups is 4. The molecule has 5 aliphatic heterocycles. The molecule has 5 aromatic heterocycles. The van der Waals surface area contributed by atoms with E-state index in [0.717, 1.165) is 89.0 Å². The minimum Gasteiger partial charge on any atom is -0.392 e. The summed E-state index contributed by atoms with van der Waals surface area (Å²) in [6.45, 7) is 19.3. The number of anilines is 7. The zero-order valence-corrected chi connectivity index (χ0v) is 65.4. The average molecular weight is 1570 g/mol. The van der Waals surface area contributed by atoms with Gasteiger partial charge in [0.05, 0.1) is 47.9 Å². The van der Waals surface area contributed by atoms with Crippen molar-refractivity contribution in [2.45, 2.75) is 179 Å². The first-order chi connectivity index (χ1) is 52.6. The van der Waals surface area contributed by atoms with Crippen LogP contribution in [0.25, 0.3) is 22.5 Å². The Morgan fingerprint density at radius 1 is 0.564 bits per heavy atom. The number of hydrogen-bond donors (Lipinski definition) is 9. The fourth-order valence-electron chi connectivity index (χ4n) is 13.7. The van der Waals surface area contributed by atoms with Gasteiger partial charge in [0.15, 0.2) is 33.5 Å². The Morgan fingerprint density at radius 2 is 1.05 bits per heavy atom. The second-order valence-electron chi connectivity index (χ2n) is 29.7. The van der Waals surface area contributed by atoms with E-state index in [9.17, 15) is 48.4 Å². The van der Waals surface area contributed by atoms with Crippen LogP contribution >= 0.6 is 34.3 Å². The topological polar surface area (TPSA) is 335 Å². The summed E-state index contributed by atoms with van der Waals surface area (Å²) in [6, 6.07) is 34.4. The molecule has 0 aliphatic carbocycles. The molecule has 4 aromatic carbocycles. The Hall–Kier alpha value is -9.21. The molecule has 5 aliphatic rings. The SMILES string of the molecule is CC(C)(C)c1cc(NC(=O)[C@@H]2C[C@@H](O)CN2Cc2ccc(F)c(F)c2)no1.CCc1sc(NC(=O)[C@@H]2C[C@@H](O)CN2C2CCOCC2)nc1-c1ccccc1.CCc1sc(NC(=O)[C@@H]2C[C@@H](O)CN2c2ccc(Cl)cc2)nc1-c1ccccc1.CNc1nccc(N2C[C@H](O)C[C@H]2C(=O)Nc2cc(C(C)(C)C)on2)n1. The number of aromatic nitrogens is 6. The molecule has 4 amide bonds. The summed E-state index contributed by atoms with van der Waals surface area (Å²) in [5.74, 6) is 0.341. The van der Waals surface area contributed by atoms with Gasteiger partial charge < -0.3 is 70.6 Å². The molecule has 31 heteroatoms. The number of halogens is 3. The number of carbonyl (C=O) groups excluding carboxylic acids is 4. The van der Waals surface area contributed by atoms with Crippen LogP contribution in [0.3, 0.4) is 0 Å². The van der Waals surface area contributed by atoms with Gasteiger partial charge in [-0.2, -0.15) is 4.98 Å². The number of benzene rings is 4. The van der Waals surface area contributed by atoms with Gasteiger partial charge in [0.2, 0.25) is 29.6 Å². The minimum atomic E-state index is -0.939. The first-order valence-corrected chi connectivity index (χ1v) is 38.9. The van der Waals surface area contributed by atoms with Gasteiger partial charge in [0.25, 0.3) is 0 Å². The molecule has 14 rings (SSSR count). The van der Waals surface area contributed by atoms with Crippen LogP contribution in [0.5, 0.6) is 0 Å². The Balaban J connectivity index is 0.000000146. The molecular formula is C79H96ClF2N15O11S2. The standard InChI is InChI=1S/C22H22ClN3O2S.C21H27N3O3S.C19H23F2N3O3.C17H24N6O3/c1-2-19-20(14-6-4-3-5-7-14)24-22(29-19)25-21(28)18-12-17(27)13-26(18)16-10-8-15(23)9-11-16;1-2-18-19(14-6-4-3-5-7-14)22-21(28-18)23-20(26)17-12-16(25)13-24(17)15-8-10-27-11-9-15;1-19(2,3)16-8-17(23-27-16)22-18(26)15-7-12(25)10-24(15)9-11-4-5-13(20)14(21)6-11;1-17(2,3)12-8-13(22-26-12)20-15(25)11-7-10(24)9-23(11)14-5-6-19-16(18-4)21-14/h3-11,17-18,27H,2,12-13H2,1H3,(H,24,25,28);3-7,15-17,25H,2,8-13H2,1H3,(H,22,23,26);4-6,8,12,15,25H,7,9-10H2,1-3H3,(H,22,23,26);5-6,8,10-11,24H,7,9H2,1-4H3,(H,18,19,21)(H,20,22,25)/t17-,18+;16-,17+;12-,15+;10-,11+/m1111/s1. The van der Waals surface area contributed by atoms with Crippen LogP contribution in [0.2, 0.25) is 5.02 Å². The Bertz CT molecular complexity index is 4560. The highest BCUT2D eigenvalue weighted by atomic mass is 35.5. The zero-order valence-electron chi connectivity index (χ0n) is 63.0. The number of β-amino-alcohol motifs (C(OH)–C–C–N with tert-alkyl or cyclic N) is 4. The molecule has 0 unspecified atom stereocenters. The van der Waals surface area contributed by atoms with Gasteiger partial charge in [-0.05, 0) is 86.6 Å². The van der Waals surface area contributed by atoms with Crippen molar-refractivity contribution in [3.05, 3.63) is 171 Å². The predicted octanol–water partition coefficient (Wildman–Crippen LogP) is 11.7. The molecule has 0 spiro atoms. The first-order valence-electron chi connectivity index (χ1n) is 36.9. The molecule has 0 radical (unpaired) electrons.